The molecule has 0 spiro atoms. The first-order valence-corrected chi connectivity index (χ1v) is 14.3. The van der Waals surface area contributed by atoms with Crippen LogP contribution in [-0.2, 0) is 16.3 Å². The maximum Gasteiger partial charge on any atom is 0.296 e. The molecule has 4 aromatic rings. The van der Waals surface area contributed by atoms with Crippen molar-refractivity contribution in [3.05, 3.63) is 99.9 Å². The topological polar surface area (TPSA) is 126 Å². The number of rotatable bonds is 9. The predicted molar refractivity (Wildman–Crippen MR) is 148 cm³/mol. The van der Waals surface area contributed by atoms with E-state index in [-0.39, 0.29) is 4.90 Å². The molecule has 2 heterocycles. The van der Waals surface area contributed by atoms with Crippen molar-refractivity contribution in [2.24, 2.45) is 0 Å². The largest absolute Gasteiger partial charge is 0.493 e. The fraction of sp³-hybridized carbons (Fsp3) is 0.267. The molecular formula is C30H30N4O4S. The van der Waals surface area contributed by atoms with Crippen LogP contribution in [0.5, 0.6) is 5.88 Å². The first kappa shape index (κ1) is 27.7. The third-order valence-corrected chi connectivity index (χ3v) is 8.56. The summed E-state index contributed by atoms with van der Waals surface area (Å²) in [5.41, 5.74) is 2.91. The summed E-state index contributed by atoms with van der Waals surface area (Å²) < 4.78 is 28.9. The number of aromatic hydroxyl groups is 1. The molecule has 0 aliphatic carbocycles. The minimum absolute atomic E-state index is 0.119. The quantitative estimate of drug-likeness (QED) is 0.301. The molecule has 1 N–H and O–H groups in total. The highest BCUT2D eigenvalue weighted by atomic mass is 32.2. The second-order valence-corrected chi connectivity index (χ2v) is 11.2. The van der Waals surface area contributed by atoms with Crippen LogP contribution in [-0.4, -0.2) is 28.1 Å². The van der Waals surface area contributed by atoms with Gasteiger partial charge in [-0.2, -0.15) is 10.2 Å². The SMILES string of the molecule is CCCCc1nc(=O)c(S(=O)(=O)c2ccc(-c3ccncc3C)cc2)c(O)n1C(CC)c1ccc(C#N)cc1. The Balaban J connectivity index is 1.86. The first-order valence-electron chi connectivity index (χ1n) is 12.8. The Hall–Kier alpha value is -4.29. The summed E-state index contributed by atoms with van der Waals surface area (Å²) in [5, 5.41) is 20.6. The van der Waals surface area contributed by atoms with Crippen LogP contribution >= 0.6 is 0 Å². The Morgan fingerprint density at radius 2 is 1.74 bits per heavy atom. The zero-order chi connectivity index (χ0) is 28.2. The van der Waals surface area contributed by atoms with Crippen molar-refractivity contribution in [3.8, 4) is 23.1 Å². The van der Waals surface area contributed by atoms with Gasteiger partial charge in [0.2, 0.25) is 15.7 Å². The summed E-state index contributed by atoms with van der Waals surface area (Å²) in [6, 6.07) is 16.5. The van der Waals surface area contributed by atoms with Gasteiger partial charge in [-0.1, -0.05) is 44.5 Å². The van der Waals surface area contributed by atoms with Crippen LogP contribution < -0.4 is 5.56 Å². The second-order valence-electron chi connectivity index (χ2n) is 9.34. The molecule has 0 saturated heterocycles. The van der Waals surface area contributed by atoms with E-state index in [4.69, 9.17) is 0 Å². The van der Waals surface area contributed by atoms with Crippen LogP contribution in [0.2, 0.25) is 0 Å². The van der Waals surface area contributed by atoms with Crippen LogP contribution in [0, 0.1) is 18.3 Å². The van der Waals surface area contributed by atoms with Crippen LogP contribution in [0.3, 0.4) is 0 Å². The molecule has 1 atom stereocenters. The third kappa shape index (κ3) is 5.47. The number of nitrogens with zero attached hydrogens (tertiary/aromatic N) is 4. The number of unbranched alkanes of at least 4 members (excludes halogenated alkanes) is 1. The summed E-state index contributed by atoms with van der Waals surface area (Å²) in [5.74, 6) is -0.315. The Kier molecular flexibility index (Phi) is 8.27. The average molecular weight is 543 g/mol. The van der Waals surface area contributed by atoms with Crippen molar-refractivity contribution < 1.29 is 13.5 Å². The monoisotopic (exact) mass is 542 g/mol. The number of sulfone groups is 1. The van der Waals surface area contributed by atoms with Crippen LogP contribution in [0.1, 0.15) is 61.7 Å². The molecule has 39 heavy (non-hydrogen) atoms. The van der Waals surface area contributed by atoms with Crippen molar-refractivity contribution in [2.75, 3.05) is 0 Å². The highest BCUT2D eigenvalue weighted by Gasteiger charge is 2.31. The molecule has 2 aromatic carbocycles. The molecule has 4 rings (SSSR count). The maximum atomic E-state index is 13.7. The van der Waals surface area contributed by atoms with E-state index in [0.29, 0.717) is 30.7 Å². The standard InChI is InChI=1S/C30H30N4O4S/c1-4-6-7-27-33-29(35)28(30(36)34(27)26(5-2)23-10-8-21(18-31)9-11-23)39(37,38)24-14-12-22(13-15-24)25-16-17-32-19-20(25)3/h8-17,19,26,36H,4-7H2,1-3H3. The number of aromatic nitrogens is 3. The van der Waals surface area contributed by atoms with E-state index >= 15 is 0 Å². The average Bonchev–Trinajstić information content (AvgIpc) is 2.94. The maximum absolute atomic E-state index is 13.7. The predicted octanol–water partition coefficient (Wildman–Crippen LogP) is 5.37. The summed E-state index contributed by atoms with van der Waals surface area (Å²) in [7, 11) is -4.40. The molecule has 0 aliphatic rings. The van der Waals surface area contributed by atoms with Gasteiger partial charge < -0.3 is 5.11 Å². The fourth-order valence-electron chi connectivity index (χ4n) is 4.70. The van der Waals surface area contributed by atoms with Crippen molar-refractivity contribution in [3.63, 3.8) is 0 Å². The smallest absolute Gasteiger partial charge is 0.296 e. The van der Waals surface area contributed by atoms with Gasteiger partial charge in [0, 0.05) is 18.8 Å². The summed E-state index contributed by atoms with van der Waals surface area (Å²) in [4.78, 5) is 20.6. The number of pyridine rings is 1. The van der Waals surface area contributed by atoms with E-state index < -0.39 is 32.2 Å². The molecule has 2 aromatic heterocycles. The van der Waals surface area contributed by atoms with E-state index in [1.54, 1.807) is 48.8 Å². The Labute approximate surface area is 228 Å². The molecule has 8 nitrogen and oxygen atoms in total. The summed E-state index contributed by atoms with van der Waals surface area (Å²) >= 11 is 0. The molecular weight excluding hydrogens is 512 g/mol. The van der Waals surface area contributed by atoms with E-state index in [1.807, 2.05) is 26.8 Å². The molecule has 200 valence electrons. The lowest BCUT2D eigenvalue weighted by molar-refractivity contribution is 0.358. The van der Waals surface area contributed by atoms with Gasteiger partial charge in [0.15, 0.2) is 4.90 Å². The molecule has 0 fully saturated rings. The molecule has 0 aliphatic heterocycles. The lowest BCUT2D eigenvalue weighted by Gasteiger charge is -2.25. The molecule has 9 heteroatoms. The highest BCUT2D eigenvalue weighted by molar-refractivity contribution is 7.91. The zero-order valence-corrected chi connectivity index (χ0v) is 22.9. The van der Waals surface area contributed by atoms with Crippen LogP contribution in [0.4, 0.5) is 0 Å². The van der Waals surface area contributed by atoms with Gasteiger partial charge >= 0.3 is 0 Å². The number of aryl methyl sites for hydroxylation is 2. The lowest BCUT2D eigenvalue weighted by Crippen LogP contribution is -2.27. The molecule has 0 saturated carbocycles. The summed E-state index contributed by atoms with van der Waals surface area (Å²) in [6.07, 6.45) is 5.81. The molecule has 0 amide bonds. The number of nitriles is 1. The molecule has 1 unspecified atom stereocenters. The Morgan fingerprint density at radius 1 is 1.05 bits per heavy atom. The summed E-state index contributed by atoms with van der Waals surface area (Å²) in [6.45, 7) is 5.81. The van der Waals surface area contributed by atoms with Crippen molar-refractivity contribution in [1.29, 1.82) is 5.26 Å². The van der Waals surface area contributed by atoms with Crippen LogP contribution in [0.25, 0.3) is 11.1 Å². The van der Waals surface area contributed by atoms with Crippen molar-refractivity contribution in [1.82, 2.24) is 14.5 Å². The van der Waals surface area contributed by atoms with E-state index in [0.717, 1.165) is 28.7 Å². The number of benzene rings is 2. The van der Waals surface area contributed by atoms with Gasteiger partial charge in [0.05, 0.1) is 22.6 Å². The van der Waals surface area contributed by atoms with Gasteiger partial charge in [-0.15, -0.1) is 0 Å². The zero-order valence-electron chi connectivity index (χ0n) is 22.1. The fourth-order valence-corrected chi connectivity index (χ4v) is 6.04. The second kappa shape index (κ2) is 11.6. The molecule has 0 bridgehead atoms. The number of hydrogen-bond acceptors (Lipinski definition) is 7. The van der Waals surface area contributed by atoms with Crippen molar-refractivity contribution in [2.45, 2.75) is 62.3 Å². The Morgan fingerprint density at radius 3 is 2.33 bits per heavy atom. The normalized spacial score (nSPS) is 12.2. The minimum Gasteiger partial charge on any atom is -0.493 e. The van der Waals surface area contributed by atoms with E-state index in [9.17, 15) is 23.6 Å². The van der Waals surface area contributed by atoms with Crippen molar-refractivity contribution >= 4 is 9.84 Å². The van der Waals surface area contributed by atoms with E-state index in [2.05, 4.69) is 16.0 Å². The van der Waals surface area contributed by atoms with E-state index in [1.165, 1.54) is 16.7 Å². The first-order chi connectivity index (χ1) is 18.7. The van der Waals surface area contributed by atoms with Gasteiger partial charge in [-0.3, -0.25) is 14.3 Å². The highest BCUT2D eigenvalue weighted by Crippen LogP contribution is 2.34. The van der Waals surface area contributed by atoms with Gasteiger partial charge in [-0.05, 0) is 72.4 Å². The lowest BCUT2D eigenvalue weighted by atomic mass is 10.0. The minimum atomic E-state index is -4.40. The van der Waals surface area contributed by atoms with Crippen LogP contribution in [0.15, 0.2) is 81.6 Å². The third-order valence-electron chi connectivity index (χ3n) is 6.78. The van der Waals surface area contributed by atoms with Gasteiger partial charge in [0.25, 0.3) is 5.56 Å². The number of hydrogen-bond donors (Lipinski definition) is 1. The van der Waals surface area contributed by atoms with Gasteiger partial charge in [0.1, 0.15) is 5.82 Å². The van der Waals surface area contributed by atoms with Gasteiger partial charge in [-0.25, -0.2) is 8.42 Å². The Bertz CT molecular complexity index is 1690. The molecule has 0 radical (unpaired) electrons.